The number of nitrogens with one attached hydrogen (secondary N) is 1. The number of aliphatic hydroxyl groups is 1. The number of rotatable bonds is 6. The Kier molecular flexibility index (Phi) is 6.62. The molecule has 0 unspecified atom stereocenters. The van der Waals surface area contributed by atoms with E-state index in [-0.39, 0.29) is 18.1 Å². The van der Waals surface area contributed by atoms with Crippen molar-refractivity contribution in [2.24, 2.45) is 5.92 Å². The highest BCUT2D eigenvalue weighted by Crippen LogP contribution is 2.39. The van der Waals surface area contributed by atoms with Crippen LogP contribution in [0.1, 0.15) is 54.6 Å². The number of aromatic nitrogens is 1. The van der Waals surface area contributed by atoms with E-state index in [1.807, 2.05) is 0 Å². The smallest absolute Gasteiger partial charge is 0.434 e. The molecule has 2 N–H and O–H groups in total. The minimum atomic E-state index is -4.85. The van der Waals surface area contributed by atoms with Crippen LogP contribution in [0.2, 0.25) is 5.02 Å². The van der Waals surface area contributed by atoms with Gasteiger partial charge in [0.25, 0.3) is 5.91 Å². The Morgan fingerprint density at radius 1 is 1.16 bits per heavy atom. The average Bonchev–Trinajstić information content (AvgIpc) is 3.58. The molecule has 1 aromatic heterocycles. The number of ether oxygens (including phenoxy) is 1. The van der Waals surface area contributed by atoms with Crippen molar-refractivity contribution < 1.29 is 27.8 Å². The number of hydrogen-bond acceptors (Lipinski definition) is 4. The van der Waals surface area contributed by atoms with Gasteiger partial charge in [-0.1, -0.05) is 36.6 Å². The molecule has 0 aliphatic heterocycles. The summed E-state index contributed by atoms with van der Waals surface area (Å²) in [7, 11) is 0. The molecule has 0 bridgehead atoms. The first-order chi connectivity index (χ1) is 15.2. The number of amides is 1. The van der Waals surface area contributed by atoms with Crippen LogP contribution in [0.25, 0.3) is 11.1 Å². The van der Waals surface area contributed by atoms with E-state index in [0.29, 0.717) is 29.3 Å². The summed E-state index contributed by atoms with van der Waals surface area (Å²) in [6, 6.07) is 7.08. The van der Waals surface area contributed by atoms with Crippen molar-refractivity contribution in [2.75, 3.05) is 6.61 Å². The lowest BCUT2D eigenvalue weighted by molar-refractivity contribution is -0.141. The molecule has 32 heavy (non-hydrogen) atoms. The van der Waals surface area contributed by atoms with Crippen molar-refractivity contribution in [3.05, 3.63) is 46.6 Å². The first-order valence-corrected chi connectivity index (χ1v) is 11.1. The Hall–Kier alpha value is -2.32. The van der Waals surface area contributed by atoms with Crippen molar-refractivity contribution >= 4 is 17.5 Å². The van der Waals surface area contributed by atoms with Gasteiger partial charge in [0.05, 0.1) is 24.3 Å². The zero-order chi connectivity index (χ0) is 22.9. The van der Waals surface area contributed by atoms with E-state index in [0.717, 1.165) is 25.7 Å². The van der Waals surface area contributed by atoms with Crippen LogP contribution in [0.3, 0.4) is 0 Å². The maximum Gasteiger partial charge on any atom is 0.434 e. The van der Waals surface area contributed by atoms with Gasteiger partial charge in [0, 0.05) is 10.6 Å². The van der Waals surface area contributed by atoms with Crippen molar-refractivity contribution in [3.8, 4) is 17.0 Å². The first kappa shape index (κ1) is 22.9. The van der Waals surface area contributed by atoms with E-state index in [1.54, 1.807) is 24.3 Å². The lowest BCUT2D eigenvalue weighted by Gasteiger charge is -2.28. The summed E-state index contributed by atoms with van der Waals surface area (Å²) >= 11 is 5.96. The maximum atomic E-state index is 13.9. The standard InChI is InChI=1S/C23H24ClF3N2O3/c24-15-9-7-14(8-10-15)16-11-17(21(31)28-18-3-1-2-4-19(18)30)20(23(25,26)27)29-22(16)32-12-13-5-6-13/h7-11,13,18-19,30H,1-6,12H2,(H,28,31)/t18-,19-/m1/s1. The molecular weight excluding hydrogens is 445 g/mol. The molecule has 4 rings (SSSR count). The highest BCUT2D eigenvalue weighted by molar-refractivity contribution is 6.30. The largest absolute Gasteiger partial charge is 0.477 e. The first-order valence-electron chi connectivity index (χ1n) is 10.7. The van der Waals surface area contributed by atoms with Crippen LogP contribution in [0.15, 0.2) is 30.3 Å². The van der Waals surface area contributed by atoms with Crippen LogP contribution in [0.5, 0.6) is 5.88 Å². The molecule has 1 aromatic carbocycles. The van der Waals surface area contributed by atoms with Crippen molar-refractivity contribution in [1.29, 1.82) is 0 Å². The number of aliphatic hydroxyl groups excluding tert-OH is 1. The molecule has 2 aliphatic rings. The second-order valence-corrected chi connectivity index (χ2v) is 8.86. The van der Waals surface area contributed by atoms with Crippen LogP contribution in [0, 0.1) is 5.92 Å². The monoisotopic (exact) mass is 468 g/mol. The molecule has 2 saturated carbocycles. The molecule has 1 amide bonds. The Balaban J connectivity index is 1.75. The number of pyridine rings is 1. The number of carbonyl (C=O) groups is 1. The molecule has 172 valence electrons. The van der Waals surface area contributed by atoms with Gasteiger partial charge in [-0.25, -0.2) is 4.98 Å². The highest BCUT2D eigenvalue weighted by atomic mass is 35.5. The van der Waals surface area contributed by atoms with Crippen molar-refractivity contribution in [1.82, 2.24) is 10.3 Å². The summed E-state index contributed by atoms with van der Waals surface area (Å²) in [6.45, 7) is 0.269. The minimum Gasteiger partial charge on any atom is -0.477 e. The van der Waals surface area contributed by atoms with Crippen LogP contribution in [-0.2, 0) is 6.18 Å². The van der Waals surface area contributed by atoms with Gasteiger partial charge < -0.3 is 15.2 Å². The van der Waals surface area contributed by atoms with Gasteiger partial charge in [0.1, 0.15) is 0 Å². The van der Waals surface area contributed by atoms with E-state index >= 15 is 0 Å². The molecule has 9 heteroatoms. The SMILES string of the molecule is O=C(N[C@@H]1CCCC[C@H]1O)c1cc(-c2ccc(Cl)cc2)c(OCC2CC2)nc1C(F)(F)F. The van der Waals surface area contributed by atoms with Crippen molar-refractivity contribution in [2.45, 2.75) is 56.8 Å². The number of alkyl halides is 3. The van der Waals surface area contributed by atoms with Gasteiger partial charge in [0.15, 0.2) is 5.69 Å². The zero-order valence-electron chi connectivity index (χ0n) is 17.3. The summed E-state index contributed by atoms with van der Waals surface area (Å²) in [6.07, 6.45) is -1.10. The molecule has 0 radical (unpaired) electrons. The van der Waals surface area contributed by atoms with Crippen LogP contribution in [0.4, 0.5) is 13.2 Å². The molecule has 1 heterocycles. The Bertz CT molecular complexity index is 978. The minimum absolute atomic E-state index is 0.166. The van der Waals surface area contributed by atoms with E-state index in [9.17, 15) is 23.1 Å². The van der Waals surface area contributed by atoms with Gasteiger partial charge >= 0.3 is 6.18 Å². The molecule has 2 aromatic rings. The third kappa shape index (κ3) is 5.35. The van der Waals surface area contributed by atoms with E-state index < -0.39 is 35.5 Å². The molecule has 2 aliphatic carbocycles. The van der Waals surface area contributed by atoms with E-state index in [1.165, 1.54) is 6.07 Å². The third-order valence-electron chi connectivity index (χ3n) is 5.85. The van der Waals surface area contributed by atoms with Gasteiger partial charge in [-0.2, -0.15) is 13.2 Å². The number of halogens is 4. The molecule has 0 spiro atoms. The van der Waals surface area contributed by atoms with E-state index in [2.05, 4.69) is 10.3 Å². The fraction of sp³-hybridized carbons (Fsp3) is 0.478. The summed E-state index contributed by atoms with van der Waals surface area (Å²) in [4.78, 5) is 16.7. The summed E-state index contributed by atoms with van der Waals surface area (Å²) in [5.74, 6) is -0.777. The molecule has 0 saturated heterocycles. The topological polar surface area (TPSA) is 71.5 Å². The Labute approximate surface area is 188 Å². The van der Waals surface area contributed by atoms with Gasteiger partial charge in [-0.15, -0.1) is 0 Å². The Morgan fingerprint density at radius 3 is 2.47 bits per heavy atom. The number of hydrogen-bond donors (Lipinski definition) is 2. The number of carbonyl (C=O) groups excluding carboxylic acids is 1. The highest BCUT2D eigenvalue weighted by Gasteiger charge is 2.40. The van der Waals surface area contributed by atoms with Gasteiger partial charge in [-0.05, 0) is 55.4 Å². The summed E-state index contributed by atoms with van der Waals surface area (Å²) in [5.41, 5.74) is -1.08. The predicted octanol–water partition coefficient (Wildman–Crippen LogP) is 5.24. The quantitative estimate of drug-likeness (QED) is 0.608. The van der Waals surface area contributed by atoms with Crippen LogP contribution in [-0.4, -0.2) is 34.8 Å². The zero-order valence-corrected chi connectivity index (χ0v) is 18.0. The summed E-state index contributed by atoms with van der Waals surface area (Å²) < 4.78 is 47.3. The third-order valence-corrected chi connectivity index (χ3v) is 6.11. The molecule has 2 atom stereocenters. The summed E-state index contributed by atoms with van der Waals surface area (Å²) in [5, 5.41) is 13.2. The fourth-order valence-corrected chi connectivity index (χ4v) is 3.96. The van der Waals surface area contributed by atoms with Gasteiger partial charge in [0.2, 0.25) is 5.88 Å². The molecular formula is C23H24ClF3N2O3. The second-order valence-electron chi connectivity index (χ2n) is 8.43. The normalized spacial score (nSPS) is 21.3. The van der Waals surface area contributed by atoms with E-state index in [4.69, 9.17) is 16.3 Å². The van der Waals surface area contributed by atoms with Crippen molar-refractivity contribution in [3.63, 3.8) is 0 Å². The lowest BCUT2D eigenvalue weighted by Crippen LogP contribution is -2.45. The molecule has 5 nitrogen and oxygen atoms in total. The number of nitrogens with zero attached hydrogens (tertiary/aromatic N) is 1. The fourth-order valence-electron chi connectivity index (χ4n) is 3.84. The number of benzene rings is 1. The van der Waals surface area contributed by atoms with Crippen LogP contribution < -0.4 is 10.1 Å². The maximum absolute atomic E-state index is 13.9. The second kappa shape index (κ2) is 9.27. The predicted molar refractivity (Wildman–Crippen MR) is 114 cm³/mol. The van der Waals surface area contributed by atoms with Gasteiger partial charge in [-0.3, -0.25) is 4.79 Å². The van der Waals surface area contributed by atoms with Crippen LogP contribution >= 0.6 is 11.6 Å². The lowest BCUT2D eigenvalue weighted by atomic mass is 9.92. The average molecular weight is 469 g/mol. The molecule has 2 fully saturated rings. The Morgan fingerprint density at radius 2 is 1.84 bits per heavy atom.